The molecule has 2 aromatic carbocycles. The average Bonchev–Trinajstić information content (AvgIpc) is 3.04. The van der Waals surface area contributed by atoms with Crippen molar-refractivity contribution in [2.24, 2.45) is 0 Å². The predicted octanol–water partition coefficient (Wildman–Crippen LogP) is 4.55. The summed E-state index contributed by atoms with van der Waals surface area (Å²) in [5.74, 6) is 0.603. The van der Waals surface area contributed by atoms with Crippen LogP contribution in [-0.2, 0) is 5.54 Å². The van der Waals surface area contributed by atoms with Crippen molar-refractivity contribution in [2.75, 3.05) is 7.11 Å². The number of methoxy groups -OCH3 is 1. The fourth-order valence-electron chi connectivity index (χ4n) is 3.30. The van der Waals surface area contributed by atoms with Crippen LogP contribution in [0.3, 0.4) is 0 Å². The topological polar surface area (TPSA) is 38.3 Å². The summed E-state index contributed by atoms with van der Waals surface area (Å²) in [4.78, 5) is 12.7. The lowest BCUT2D eigenvalue weighted by Gasteiger charge is -2.31. The molecule has 1 N–H and O–H groups in total. The van der Waals surface area contributed by atoms with Gasteiger partial charge in [0.1, 0.15) is 5.75 Å². The Hall–Kier alpha value is -2.00. The maximum Gasteiger partial charge on any atom is 0.252 e. The molecule has 0 atom stereocenters. The molecule has 3 nitrogen and oxygen atoms in total. The predicted molar refractivity (Wildman–Crippen MR) is 92.1 cm³/mol. The SMILES string of the molecule is COc1cccc(C(=O)NC2(c3cccc(Cl)c3)CCCC2)c1. The second kappa shape index (κ2) is 6.63. The molecule has 1 fully saturated rings. The molecule has 0 radical (unpaired) electrons. The summed E-state index contributed by atoms with van der Waals surface area (Å²) in [5, 5.41) is 3.95. The van der Waals surface area contributed by atoms with E-state index in [1.54, 1.807) is 19.2 Å². The van der Waals surface area contributed by atoms with Crippen LogP contribution in [0.25, 0.3) is 0 Å². The molecular formula is C19H20ClNO2. The molecule has 0 heterocycles. The lowest BCUT2D eigenvalue weighted by Crippen LogP contribution is -2.43. The Kier molecular flexibility index (Phi) is 4.58. The van der Waals surface area contributed by atoms with Crippen LogP contribution in [0.5, 0.6) is 5.75 Å². The number of amides is 1. The highest BCUT2D eigenvalue weighted by Crippen LogP contribution is 2.39. The van der Waals surface area contributed by atoms with Gasteiger partial charge in [-0.25, -0.2) is 0 Å². The molecular weight excluding hydrogens is 310 g/mol. The van der Waals surface area contributed by atoms with Gasteiger partial charge in [0.2, 0.25) is 0 Å². The molecule has 0 saturated heterocycles. The maximum atomic E-state index is 12.7. The highest BCUT2D eigenvalue weighted by atomic mass is 35.5. The first kappa shape index (κ1) is 15.9. The Morgan fingerprint density at radius 3 is 2.57 bits per heavy atom. The molecule has 0 aromatic heterocycles. The van der Waals surface area contributed by atoms with Crippen LogP contribution < -0.4 is 10.1 Å². The van der Waals surface area contributed by atoms with Gasteiger partial charge in [-0.2, -0.15) is 0 Å². The van der Waals surface area contributed by atoms with Crippen LogP contribution in [0.1, 0.15) is 41.6 Å². The van der Waals surface area contributed by atoms with Gasteiger partial charge >= 0.3 is 0 Å². The number of rotatable bonds is 4. The van der Waals surface area contributed by atoms with E-state index in [4.69, 9.17) is 16.3 Å². The van der Waals surface area contributed by atoms with Gasteiger partial charge in [0.05, 0.1) is 12.6 Å². The lowest BCUT2D eigenvalue weighted by atomic mass is 9.87. The van der Waals surface area contributed by atoms with E-state index in [2.05, 4.69) is 5.32 Å². The van der Waals surface area contributed by atoms with Gasteiger partial charge in [0, 0.05) is 10.6 Å². The summed E-state index contributed by atoms with van der Waals surface area (Å²) in [7, 11) is 1.60. The third kappa shape index (κ3) is 3.35. The first-order chi connectivity index (χ1) is 11.1. The molecule has 0 aliphatic heterocycles. The van der Waals surface area contributed by atoms with E-state index in [0.29, 0.717) is 16.3 Å². The van der Waals surface area contributed by atoms with Crippen molar-refractivity contribution in [1.29, 1.82) is 0 Å². The molecule has 0 bridgehead atoms. The third-order valence-electron chi connectivity index (χ3n) is 4.52. The second-order valence-corrected chi connectivity index (χ2v) is 6.42. The molecule has 23 heavy (non-hydrogen) atoms. The first-order valence-corrected chi connectivity index (χ1v) is 8.23. The summed E-state index contributed by atoms with van der Waals surface area (Å²) in [5.41, 5.74) is 1.36. The highest BCUT2D eigenvalue weighted by Gasteiger charge is 2.37. The van der Waals surface area contributed by atoms with Crippen LogP contribution in [0.2, 0.25) is 5.02 Å². The molecule has 1 saturated carbocycles. The zero-order chi connectivity index (χ0) is 16.3. The second-order valence-electron chi connectivity index (χ2n) is 5.99. The first-order valence-electron chi connectivity index (χ1n) is 7.86. The van der Waals surface area contributed by atoms with Crippen LogP contribution in [0, 0.1) is 0 Å². The van der Waals surface area contributed by atoms with Gasteiger partial charge in [0.25, 0.3) is 5.91 Å². The van der Waals surface area contributed by atoms with E-state index in [0.717, 1.165) is 31.2 Å². The number of hydrogen-bond donors (Lipinski definition) is 1. The lowest BCUT2D eigenvalue weighted by molar-refractivity contribution is 0.0898. The number of hydrogen-bond acceptors (Lipinski definition) is 2. The molecule has 4 heteroatoms. The zero-order valence-corrected chi connectivity index (χ0v) is 13.9. The molecule has 1 aliphatic carbocycles. The van der Waals surface area contributed by atoms with Gasteiger partial charge in [-0.15, -0.1) is 0 Å². The van der Waals surface area contributed by atoms with Crippen LogP contribution in [0.4, 0.5) is 0 Å². The van der Waals surface area contributed by atoms with Gasteiger partial charge in [-0.3, -0.25) is 4.79 Å². The van der Waals surface area contributed by atoms with E-state index in [1.807, 2.05) is 36.4 Å². The Morgan fingerprint density at radius 1 is 1.13 bits per heavy atom. The van der Waals surface area contributed by atoms with Crippen molar-refractivity contribution in [3.63, 3.8) is 0 Å². The molecule has 2 aromatic rings. The molecule has 120 valence electrons. The molecule has 0 unspecified atom stereocenters. The number of benzene rings is 2. The van der Waals surface area contributed by atoms with Gasteiger partial charge in [0.15, 0.2) is 0 Å². The maximum absolute atomic E-state index is 12.7. The zero-order valence-electron chi connectivity index (χ0n) is 13.1. The number of carbonyl (C=O) groups excluding carboxylic acids is 1. The number of ether oxygens (including phenoxy) is 1. The minimum absolute atomic E-state index is 0.0780. The highest BCUT2D eigenvalue weighted by molar-refractivity contribution is 6.30. The van der Waals surface area contributed by atoms with Gasteiger partial charge < -0.3 is 10.1 Å². The molecule has 0 spiro atoms. The summed E-state index contributed by atoms with van der Waals surface area (Å²) < 4.78 is 5.20. The fourth-order valence-corrected chi connectivity index (χ4v) is 3.49. The van der Waals surface area contributed by atoms with Crippen LogP contribution in [0.15, 0.2) is 48.5 Å². The number of halogens is 1. The molecule has 1 aliphatic rings. The standard InChI is InChI=1S/C19H20ClNO2/c1-23-17-9-4-6-14(12-17)18(22)21-19(10-2-3-11-19)15-7-5-8-16(20)13-15/h4-9,12-13H,2-3,10-11H2,1H3,(H,21,22). The van der Waals surface area contributed by atoms with Crippen molar-refractivity contribution < 1.29 is 9.53 Å². The Bertz CT molecular complexity index is 708. The monoisotopic (exact) mass is 329 g/mol. The summed E-state index contributed by atoms with van der Waals surface area (Å²) >= 11 is 6.15. The average molecular weight is 330 g/mol. The van der Waals surface area contributed by atoms with Crippen molar-refractivity contribution in [1.82, 2.24) is 5.32 Å². The van der Waals surface area contributed by atoms with Gasteiger partial charge in [-0.05, 0) is 48.7 Å². The fraction of sp³-hybridized carbons (Fsp3) is 0.316. The number of carbonyl (C=O) groups is 1. The van der Waals surface area contributed by atoms with Crippen molar-refractivity contribution >= 4 is 17.5 Å². The minimum atomic E-state index is -0.328. The quantitative estimate of drug-likeness (QED) is 0.893. The Morgan fingerprint density at radius 2 is 1.87 bits per heavy atom. The Balaban J connectivity index is 1.89. The normalized spacial score (nSPS) is 16.1. The summed E-state index contributed by atoms with van der Waals surface area (Å²) in [6.07, 6.45) is 4.07. The van der Waals surface area contributed by atoms with Crippen LogP contribution >= 0.6 is 11.6 Å². The number of nitrogens with one attached hydrogen (secondary N) is 1. The molecule has 3 rings (SSSR count). The smallest absolute Gasteiger partial charge is 0.252 e. The largest absolute Gasteiger partial charge is 0.497 e. The van der Waals surface area contributed by atoms with Crippen LogP contribution in [-0.4, -0.2) is 13.0 Å². The van der Waals surface area contributed by atoms with E-state index < -0.39 is 0 Å². The van der Waals surface area contributed by atoms with E-state index >= 15 is 0 Å². The summed E-state index contributed by atoms with van der Waals surface area (Å²) in [6, 6.07) is 15.0. The third-order valence-corrected chi connectivity index (χ3v) is 4.75. The minimum Gasteiger partial charge on any atom is -0.497 e. The van der Waals surface area contributed by atoms with E-state index in [1.165, 1.54) is 0 Å². The summed E-state index contributed by atoms with van der Waals surface area (Å²) in [6.45, 7) is 0. The van der Waals surface area contributed by atoms with Crippen molar-refractivity contribution in [3.8, 4) is 5.75 Å². The van der Waals surface area contributed by atoms with E-state index in [-0.39, 0.29) is 11.4 Å². The molecule has 1 amide bonds. The van der Waals surface area contributed by atoms with Crippen molar-refractivity contribution in [3.05, 3.63) is 64.7 Å². The van der Waals surface area contributed by atoms with Gasteiger partial charge in [-0.1, -0.05) is 42.6 Å². The van der Waals surface area contributed by atoms with Crippen molar-refractivity contribution in [2.45, 2.75) is 31.2 Å². The van der Waals surface area contributed by atoms with E-state index in [9.17, 15) is 4.79 Å². The Labute approximate surface area is 141 Å².